The second-order valence-electron chi connectivity index (χ2n) is 25.2. The highest BCUT2D eigenvalue weighted by Crippen LogP contribution is 2.49. The van der Waals surface area contributed by atoms with Crippen LogP contribution in [-0.4, -0.2) is 131 Å². The highest BCUT2D eigenvalue weighted by molar-refractivity contribution is 5.85. The normalized spacial score (nSPS) is 19.0. The molecule has 0 bridgehead atoms. The summed E-state index contributed by atoms with van der Waals surface area (Å²) in [5.41, 5.74) is 10.6. The van der Waals surface area contributed by atoms with Gasteiger partial charge >= 0.3 is 12.2 Å². The van der Waals surface area contributed by atoms with Gasteiger partial charge < -0.3 is 58.8 Å². The molecule has 0 radical (unpaired) electrons. The molecule has 3 atom stereocenters. The molecule has 20 heteroatoms. The first-order valence-corrected chi connectivity index (χ1v) is 31.1. The van der Waals surface area contributed by atoms with E-state index in [9.17, 15) is 9.59 Å². The van der Waals surface area contributed by atoms with Crippen LogP contribution in [0.1, 0.15) is 153 Å². The van der Waals surface area contributed by atoms with Crippen molar-refractivity contribution < 1.29 is 43.1 Å². The largest absolute Gasteiger partial charge is 0.485 e. The van der Waals surface area contributed by atoms with E-state index in [4.69, 9.17) is 43.5 Å². The third-order valence-electron chi connectivity index (χ3n) is 16.9. The van der Waals surface area contributed by atoms with Crippen molar-refractivity contribution in [3.63, 3.8) is 0 Å². The minimum Gasteiger partial charge on any atom is -0.485 e. The molecule has 1 saturated carbocycles. The SMILES string of the molecule is CC(C)(C)OC(=O)N1CCC[C@H]1c1ncc(-c2ccc(-c3ccc(-c4cnc([C@@H]5CCCN5C(=O)OC(C)(C)C)[nH]4)c4c3OCCO4)cc2)[nH]1.CO.c1cc(-c2ccc(-c3cnc(C4CCCC4)[nH]3)c3c2OCCO3)ccc1-c1cnc([C@@H]2CCCN2)[nH]1. The number of H-pyrrole nitrogens is 4. The van der Waals surface area contributed by atoms with Gasteiger partial charge in [-0.1, -0.05) is 61.4 Å². The highest BCUT2D eigenvalue weighted by atomic mass is 16.6. The molecule has 8 aromatic rings. The van der Waals surface area contributed by atoms with Gasteiger partial charge in [0.2, 0.25) is 0 Å². The lowest BCUT2D eigenvalue weighted by atomic mass is 9.98. The van der Waals surface area contributed by atoms with Crippen LogP contribution in [-0.2, 0) is 9.47 Å². The summed E-state index contributed by atoms with van der Waals surface area (Å²) in [6.07, 6.45) is 17.6. The van der Waals surface area contributed by atoms with E-state index < -0.39 is 11.2 Å². The number of aromatic amines is 4. The molecule has 462 valence electrons. The number of hydrogen-bond acceptors (Lipinski definition) is 14. The molecule has 9 heterocycles. The topological polar surface area (TPSA) is 243 Å². The van der Waals surface area contributed by atoms with Crippen molar-refractivity contribution in [1.82, 2.24) is 55.0 Å². The predicted octanol–water partition coefficient (Wildman–Crippen LogP) is 13.6. The lowest BCUT2D eigenvalue weighted by Crippen LogP contribution is -2.36. The van der Waals surface area contributed by atoms with Gasteiger partial charge in [0.05, 0.1) is 65.7 Å². The summed E-state index contributed by atoms with van der Waals surface area (Å²) in [6.45, 7) is 15.6. The van der Waals surface area contributed by atoms with Crippen molar-refractivity contribution in [2.45, 2.75) is 141 Å². The van der Waals surface area contributed by atoms with Gasteiger partial charge in [0, 0.05) is 48.4 Å². The van der Waals surface area contributed by atoms with Gasteiger partial charge in [-0.3, -0.25) is 9.80 Å². The minimum atomic E-state index is -0.568. The molecule has 0 spiro atoms. The number of nitrogens with one attached hydrogen (secondary N) is 5. The van der Waals surface area contributed by atoms with E-state index in [2.05, 4.69) is 95.9 Å². The number of carbonyl (C=O) groups is 2. The molecular weight excluding hydrogens is 1110 g/mol. The van der Waals surface area contributed by atoms with E-state index in [0.29, 0.717) is 63.0 Å². The fourth-order valence-corrected chi connectivity index (χ4v) is 12.7. The molecular formula is C68H81N11O9. The maximum absolute atomic E-state index is 12.9. The van der Waals surface area contributed by atoms with Crippen LogP contribution in [0.15, 0.2) is 97.6 Å². The van der Waals surface area contributed by atoms with Crippen molar-refractivity contribution in [2.75, 3.05) is 53.2 Å². The Labute approximate surface area is 513 Å². The zero-order valence-electron chi connectivity index (χ0n) is 51.5. The summed E-state index contributed by atoms with van der Waals surface area (Å²) in [4.78, 5) is 61.9. The lowest BCUT2D eigenvalue weighted by Gasteiger charge is -2.27. The van der Waals surface area contributed by atoms with Crippen LogP contribution in [0.2, 0.25) is 0 Å². The van der Waals surface area contributed by atoms with Crippen molar-refractivity contribution in [3.8, 4) is 90.3 Å². The Morgan fingerprint density at radius 3 is 1.27 bits per heavy atom. The van der Waals surface area contributed by atoms with Crippen molar-refractivity contribution in [2.24, 2.45) is 0 Å². The molecule has 4 aromatic carbocycles. The molecule has 4 fully saturated rings. The Balaban J connectivity index is 0.000000175. The number of rotatable bonds is 10. The third-order valence-corrected chi connectivity index (χ3v) is 16.9. The molecule has 20 nitrogen and oxygen atoms in total. The number of likely N-dealkylation sites (tertiary alicyclic amines) is 2. The van der Waals surface area contributed by atoms with Crippen LogP contribution >= 0.6 is 0 Å². The number of aromatic nitrogens is 8. The average molecular weight is 1200 g/mol. The summed E-state index contributed by atoms with van der Waals surface area (Å²) in [5, 5.41) is 10.5. The van der Waals surface area contributed by atoms with E-state index in [1.807, 2.05) is 72.3 Å². The first-order valence-electron chi connectivity index (χ1n) is 31.1. The summed E-state index contributed by atoms with van der Waals surface area (Å²) in [5.74, 6) is 7.09. The van der Waals surface area contributed by atoms with Gasteiger partial charge in [-0.15, -0.1) is 0 Å². The number of carbonyl (C=O) groups excluding carboxylic acids is 2. The molecule has 88 heavy (non-hydrogen) atoms. The number of aliphatic hydroxyl groups is 1. The zero-order chi connectivity index (χ0) is 61.1. The van der Waals surface area contributed by atoms with Gasteiger partial charge in [0.15, 0.2) is 23.0 Å². The van der Waals surface area contributed by atoms with Gasteiger partial charge in [0.1, 0.15) is 60.9 Å². The van der Waals surface area contributed by atoms with Crippen molar-refractivity contribution in [1.29, 1.82) is 0 Å². The molecule has 5 aliphatic heterocycles. The smallest absolute Gasteiger partial charge is 0.410 e. The molecule has 3 saturated heterocycles. The van der Waals surface area contributed by atoms with Crippen LogP contribution in [0, 0.1) is 0 Å². The van der Waals surface area contributed by atoms with Gasteiger partial charge in [-0.25, -0.2) is 29.5 Å². The van der Waals surface area contributed by atoms with Crippen molar-refractivity contribution in [3.05, 3.63) is 121 Å². The maximum Gasteiger partial charge on any atom is 0.410 e. The lowest BCUT2D eigenvalue weighted by molar-refractivity contribution is 0.0208. The summed E-state index contributed by atoms with van der Waals surface area (Å²) in [7, 11) is 1.00. The minimum absolute atomic E-state index is 0.145. The number of benzene rings is 4. The van der Waals surface area contributed by atoms with Crippen LogP contribution in [0.5, 0.6) is 23.0 Å². The monoisotopic (exact) mass is 1200 g/mol. The zero-order valence-corrected chi connectivity index (χ0v) is 51.5. The van der Waals surface area contributed by atoms with Crippen LogP contribution in [0.4, 0.5) is 9.59 Å². The first kappa shape index (κ1) is 59.7. The maximum atomic E-state index is 12.9. The van der Waals surface area contributed by atoms with Gasteiger partial charge in [-0.2, -0.15) is 0 Å². The Hall–Kier alpha value is -8.62. The first-order chi connectivity index (χ1) is 42.7. The van der Waals surface area contributed by atoms with E-state index in [-0.39, 0.29) is 24.3 Å². The average Bonchev–Trinajstić information content (AvgIpc) is 2.00. The quantitative estimate of drug-likeness (QED) is 0.0746. The Morgan fingerprint density at radius 2 is 0.830 bits per heavy atom. The summed E-state index contributed by atoms with van der Waals surface area (Å²) < 4.78 is 36.1. The summed E-state index contributed by atoms with van der Waals surface area (Å²) in [6, 6.07) is 25.1. The van der Waals surface area contributed by atoms with Gasteiger partial charge in [0.25, 0.3) is 0 Å². The van der Waals surface area contributed by atoms with E-state index in [1.54, 1.807) is 16.0 Å². The molecule has 0 unspecified atom stereocenters. The summed E-state index contributed by atoms with van der Waals surface area (Å²) >= 11 is 0. The number of amides is 2. The number of fused-ring (bicyclic) bond motifs is 2. The van der Waals surface area contributed by atoms with E-state index >= 15 is 0 Å². The van der Waals surface area contributed by atoms with E-state index in [1.165, 1.54) is 32.1 Å². The van der Waals surface area contributed by atoms with Crippen molar-refractivity contribution >= 4 is 12.2 Å². The highest BCUT2D eigenvalue weighted by Gasteiger charge is 2.37. The number of ether oxygens (including phenoxy) is 6. The standard InChI is InChI=1S/C38H46N6O6.C29H31N5O2.CH4O/c1-37(2,3)49-35(45)43-17-7-9-29(43)33-39-21-27(41-33)24-13-11-23(12-14-24)25-15-16-26(32-31(25)47-19-20-48-32)28-22-40-34(42-28)30-10-8-18-44(30)36(46)50-38(4,5)6;1-2-5-20(4-1)28-31-17-25(34-28)22-12-11-21(26-27(22)36-15-14-35-26)18-7-9-19(10-8-18)24-16-32-29(33-24)23-6-3-13-30-23;1-2/h11-16,21-22,29-30H,7-10,17-20H2,1-6H3,(H,39,41)(H,40,42);7-12,16-17,20,23,30H,1-6,13-15H2,(H,31,34)(H,32,33);2H,1H3/t29-,30-;23-;/m00./s1. The third kappa shape index (κ3) is 12.9. The number of imidazole rings is 4. The second-order valence-corrected chi connectivity index (χ2v) is 25.2. The molecule has 14 rings (SSSR count). The fraction of sp³-hybridized carbons (Fsp3) is 0.441. The predicted molar refractivity (Wildman–Crippen MR) is 335 cm³/mol. The second kappa shape index (κ2) is 25.6. The number of aliphatic hydroxyl groups excluding tert-OH is 1. The fourth-order valence-electron chi connectivity index (χ4n) is 12.7. The Kier molecular flexibility index (Phi) is 17.4. The van der Waals surface area contributed by atoms with E-state index in [0.717, 1.165) is 148 Å². The molecule has 4 aromatic heterocycles. The Bertz CT molecular complexity index is 3710. The molecule has 6 aliphatic rings. The van der Waals surface area contributed by atoms with Crippen LogP contribution < -0.4 is 24.3 Å². The molecule has 2 amide bonds. The number of nitrogens with zero attached hydrogens (tertiary/aromatic N) is 6. The molecule has 6 N–H and O–H groups in total. The number of hydrogen-bond donors (Lipinski definition) is 6. The Morgan fingerprint density at radius 1 is 0.455 bits per heavy atom. The van der Waals surface area contributed by atoms with Crippen LogP contribution in [0.3, 0.4) is 0 Å². The van der Waals surface area contributed by atoms with Crippen LogP contribution in [0.25, 0.3) is 67.3 Å². The van der Waals surface area contributed by atoms with Gasteiger partial charge in [-0.05, 0) is 146 Å². The molecule has 1 aliphatic carbocycles.